The molecule has 1 aliphatic heterocycles. The van der Waals surface area contributed by atoms with Gasteiger partial charge in [-0.15, -0.1) is 22.7 Å². The molecule has 3 heterocycles. The first-order chi connectivity index (χ1) is 9.70. The number of thiophene rings is 2. The van der Waals surface area contributed by atoms with E-state index < -0.39 is 0 Å². The summed E-state index contributed by atoms with van der Waals surface area (Å²) >= 11 is 3.76. The average Bonchev–Trinajstić information content (AvgIpc) is 3.08. The molecule has 3 rings (SSSR count). The molecule has 2 unspecified atom stereocenters. The van der Waals surface area contributed by atoms with Crippen molar-refractivity contribution < 1.29 is 0 Å². The number of fused-ring (bicyclic) bond motifs is 1. The molecule has 0 bridgehead atoms. The third kappa shape index (κ3) is 2.58. The third-order valence-electron chi connectivity index (χ3n) is 4.28. The Morgan fingerprint density at radius 1 is 1.30 bits per heavy atom. The van der Waals surface area contributed by atoms with E-state index in [9.17, 15) is 0 Å². The van der Waals surface area contributed by atoms with Crippen LogP contribution in [0.15, 0.2) is 22.9 Å². The molecule has 1 aliphatic rings. The van der Waals surface area contributed by atoms with E-state index in [2.05, 4.69) is 41.6 Å². The van der Waals surface area contributed by atoms with Crippen LogP contribution in [0.1, 0.15) is 40.3 Å². The van der Waals surface area contributed by atoms with Gasteiger partial charge in [0, 0.05) is 28.9 Å². The summed E-state index contributed by atoms with van der Waals surface area (Å²) in [5.74, 6) is 0. The molecule has 0 amide bonds. The predicted octanol–water partition coefficient (Wildman–Crippen LogP) is 3.95. The molecule has 0 aromatic carbocycles. The predicted molar refractivity (Wildman–Crippen MR) is 88.5 cm³/mol. The van der Waals surface area contributed by atoms with Crippen LogP contribution >= 0.6 is 22.7 Å². The molecule has 108 valence electrons. The Labute approximate surface area is 129 Å². The molecule has 2 aromatic rings. The number of nitrogens with two attached hydrogens (primary N) is 1. The van der Waals surface area contributed by atoms with E-state index in [-0.39, 0.29) is 6.04 Å². The highest BCUT2D eigenvalue weighted by Crippen LogP contribution is 2.36. The maximum Gasteiger partial charge on any atom is 0.0599 e. The van der Waals surface area contributed by atoms with E-state index in [1.165, 1.54) is 22.4 Å². The lowest BCUT2D eigenvalue weighted by molar-refractivity contribution is 0.156. The Balaban J connectivity index is 1.89. The van der Waals surface area contributed by atoms with Crippen LogP contribution in [0.25, 0.3) is 0 Å². The van der Waals surface area contributed by atoms with E-state index in [1.807, 2.05) is 22.7 Å². The standard InChI is InChI=1S/C16H22N2S2/c1-3-13(17)15(16-11(2)5-8-20-16)18-7-4-14-12(10-18)6-9-19-14/h5-6,8-9,13,15H,3-4,7,10,17H2,1-2H3. The molecule has 0 saturated heterocycles. The number of rotatable bonds is 4. The number of hydrogen-bond donors (Lipinski definition) is 1. The van der Waals surface area contributed by atoms with E-state index >= 15 is 0 Å². The van der Waals surface area contributed by atoms with Crippen molar-refractivity contribution in [2.45, 2.75) is 45.3 Å². The van der Waals surface area contributed by atoms with Gasteiger partial charge >= 0.3 is 0 Å². The first kappa shape index (κ1) is 14.3. The van der Waals surface area contributed by atoms with Crippen molar-refractivity contribution in [1.82, 2.24) is 4.90 Å². The van der Waals surface area contributed by atoms with Gasteiger partial charge in [-0.25, -0.2) is 0 Å². The molecule has 2 N–H and O–H groups in total. The van der Waals surface area contributed by atoms with Gasteiger partial charge in [-0.2, -0.15) is 0 Å². The van der Waals surface area contributed by atoms with Crippen LogP contribution in [0.2, 0.25) is 0 Å². The van der Waals surface area contributed by atoms with Gasteiger partial charge in [0.2, 0.25) is 0 Å². The number of nitrogens with zero attached hydrogens (tertiary/aromatic N) is 1. The van der Waals surface area contributed by atoms with Gasteiger partial charge in [0.25, 0.3) is 0 Å². The van der Waals surface area contributed by atoms with Crippen molar-refractivity contribution in [2.75, 3.05) is 6.54 Å². The summed E-state index contributed by atoms with van der Waals surface area (Å²) in [7, 11) is 0. The van der Waals surface area contributed by atoms with E-state index in [0.29, 0.717) is 6.04 Å². The lowest BCUT2D eigenvalue weighted by atomic mass is 9.97. The van der Waals surface area contributed by atoms with Crippen LogP contribution in [0, 0.1) is 6.92 Å². The number of hydrogen-bond acceptors (Lipinski definition) is 4. The van der Waals surface area contributed by atoms with Gasteiger partial charge in [-0.1, -0.05) is 6.92 Å². The van der Waals surface area contributed by atoms with Gasteiger partial charge in [-0.05, 0) is 53.8 Å². The summed E-state index contributed by atoms with van der Waals surface area (Å²) in [6, 6.07) is 5.08. The largest absolute Gasteiger partial charge is 0.326 e. The highest BCUT2D eigenvalue weighted by atomic mass is 32.1. The zero-order valence-corrected chi connectivity index (χ0v) is 13.8. The Bertz CT molecular complexity index is 573. The molecule has 20 heavy (non-hydrogen) atoms. The van der Waals surface area contributed by atoms with Crippen LogP contribution in [-0.2, 0) is 13.0 Å². The Hall–Kier alpha value is -0.680. The monoisotopic (exact) mass is 306 g/mol. The molecule has 0 aliphatic carbocycles. The summed E-state index contributed by atoms with van der Waals surface area (Å²) < 4.78 is 0. The highest BCUT2D eigenvalue weighted by Gasteiger charge is 2.30. The summed E-state index contributed by atoms with van der Waals surface area (Å²) in [5, 5.41) is 4.42. The first-order valence-electron chi connectivity index (χ1n) is 7.29. The molecule has 0 saturated carbocycles. The molecule has 0 spiro atoms. The minimum Gasteiger partial charge on any atom is -0.326 e. The maximum atomic E-state index is 6.47. The van der Waals surface area contributed by atoms with Crippen molar-refractivity contribution in [3.05, 3.63) is 43.8 Å². The molecule has 2 atom stereocenters. The van der Waals surface area contributed by atoms with Gasteiger partial charge in [0.1, 0.15) is 0 Å². The Morgan fingerprint density at radius 3 is 2.80 bits per heavy atom. The minimum atomic E-state index is 0.215. The smallest absolute Gasteiger partial charge is 0.0599 e. The lowest BCUT2D eigenvalue weighted by Crippen LogP contribution is -2.42. The second kappa shape index (κ2) is 5.98. The molecular formula is C16H22N2S2. The average molecular weight is 307 g/mol. The maximum absolute atomic E-state index is 6.47. The van der Waals surface area contributed by atoms with E-state index in [4.69, 9.17) is 5.73 Å². The van der Waals surface area contributed by atoms with Crippen molar-refractivity contribution in [2.24, 2.45) is 5.73 Å². The van der Waals surface area contributed by atoms with Crippen LogP contribution in [0.4, 0.5) is 0 Å². The summed E-state index contributed by atoms with van der Waals surface area (Å²) in [4.78, 5) is 5.60. The lowest BCUT2D eigenvalue weighted by Gasteiger charge is -2.37. The molecule has 2 nitrogen and oxygen atoms in total. The zero-order chi connectivity index (χ0) is 14.1. The van der Waals surface area contributed by atoms with Crippen LogP contribution in [0.5, 0.6) is 0 Å². The fraction of sp³-hybridized carbons (Fsp3) is 0.500. The fourth-order valence-electron chi connectivity index (χ4n) is 3.05. The minimum absolute atomic E-state index is 0.215. The van der Waals surface area contributed by atoms with E-state index in [0.717, 1.165) is 19.5 Å². The quantitative estimate of drug-likeness (QED) is 0.926. The summed E-state index contributed by atoms with van der Waals surface area (Å²) in [5.41, 5.74) is 9.36. The second-order valence-electron chi connectivity index (χ2n) is 5.57. The van der Waals surface area contributed by atoms with Gasteiger partial charge in [0.15, 0.2) is 0 Å². The van der Waals surface area contributed by atoms with Gasteiger partial charge < -0.3 is 5.73 Å². The van der Waals surface area contributed by atoms with Crippen molar-refractivity contribution in [1.29, 1.82) is 0 Å². The normalized spacial score (nSPS) is 18.8. The van der Waals surface area contributed by atoms with Gasteiger partial charge in [0.05, 0.1) is 6.04 Å². The fourth-order valence-corrected chi connectivity index (χ4v) is 5.08. The Kier molecular flexibility index (Phi) is 4.26. The molecule has 4 heteroatoms. The van der Waals surface area contributed by atoms with Crippen molar-refractivity contribution in [3.8, 4) is 0 Å². The van der Waals surface area contributed by atoms with Crippen LogP contribution in [0.3, 0.4) is 0 Å². The summed E-state index contributed by atoms with van der Waals surface area (Å²) in [6.45, 7) is 6.58. The molecule has 0 fully saturated rings. The third-order valence-corrected chi connectivity index (χ3v) is 6.39. The topological polar surface area (TPSA) is 29.3 Å². The Morgan fingerprint density at radius 2 is 2.10 bits per heavy atom. The number of aryl methyl sites for hydroxylation is 1. The highest BCUT2D eigenvalue weighted by molar-refractivity contribution is 7.10. The SMILES string of the molecule is CCC(N)C(c1sccc1C)N1CCc2sccc2C1. The summed E-state index contributed by atoms with van der Waals surface area (Å²) in [6.07, 6.45) is 2.19. The van der Waals surface area contributed by atoms with Crippen LogP contribution < -0.4 is 5.73 Å². The molecule has 0 radical (unpaired) electrons. The van der Waals surface area contributed by atoms with Crippen LogP contribution in [-0.4, -0.2) is 17.5 Å². The molecular weight excluding hydrogens is 284 g/mol. The van der Waals surface area contributed by atoms with Crippen molar-refractivity contribution >= 4 is 22.7 Å². The van der Waals surface area contributed by atoms with E-state index in [1.54, 1.807) is 4.88 Å². The van der Waals surface area contributed by atoms with Gasteiger partial charge in [-0.3, -0.25) is 4.90 Å². The first-order valence-corrected chi connectivity index (χ1v) is 9.05. The second-order valence-corrected chi connectivity index (χ2v) is 7.52. The molecule has 2 aromatic heterocycles. The van der Waals surface area contributed by atoms with Crippen molar-refractivity contribution in [3.63, 3.8) is 0 Å². The zero-order valence-electron chi connectivity index (χ0n) is 12.1.